The van der Waals surface area contributed by atoms with E-state index < -0.39 is 35.8 Å². The summed E-state index contributed by atoms with van der Waals surface area (Å²) in [7, 11) is 0. The number of amides is 2. The summed E-state index contributed by atoms with van der Waals surface area (Å²) in [5.74, 6) is -3.75. The predicted molar refractivity (Wildman–Crippen MR) is 70.5 cm³/mol. The van der Waals surface area contributed by atoms with Crippen LogP contribution in [0.15, 0.2) is 18.2 Å². The molecule has 0 radical (unpaired) electrons. The van der Waals surface area contributed by atoms with Gasteiger partial charge in [0.2, 0.25) is 11.8 Å². The summed E-state index contributed by atoms with van der Waals surface area (Å²) >= 11 is 0. The lowest BCUT2D eigenvalue weighted by Crippen LogP contribution is -2.53. The molecule has 1 aliphatic rings. The van der Waals surface area contributed by atoms with Gasteiger partial charge in [-0.05, 0) is 37.5 Å². The van der Waals surface area contributed by atoms with Crippen LogP contribution in [0.2, 0.25) is 0 Å². The fourth-order valence-electron chi connectivity index (χ4n) is 2.25. The smallest absolute Gasteiger partial charge is 0.344 e. The van der Waals surface area contributed by atoms with Gasteiger partial charge < -0.3 is 10.6 Å². The van der Waals surface area contributed by atoms with Gasteiger partial charge in [0, 0.05) is 0 Å². The van der Waals surface area contributed by atoms with E-state index in [1.54, 1.807) is 18.3 Å². The number of alkyl halides is 3. The summed E-state index contributed by atoms with van der Waals surface area (Å²) in [4.78, 5) is 23.6. The van der Waals surface area contributed by atoms with E-state index in [9.17, 15) is 27.2 Å². The molecule has 0 bridgehead atoms. The van der Waals surface area contributed by atoms with Gasteiger partial charge in [0.05, 0.1) is 5.69 Å². The number of aryl methyl sites for hydroxylation is 1. The summed E-state index contributed by atoms with van der Waals surface area (Å²) in [6.07, 6.45) is -5.17. The molecule has 2 rings (SSSR count). The van der Waals surface area contributed by atoms with E-state index in [2.05, 4.69) is 5.32 Å². The van der Waals surface area contributed by atoms with Gasteiger partial charge in [0.15, 0.2) is 0 Å². The topological polar surface area (TPSA) is 58.2 Å². The van der Waals surface area contributed by atoms with Crippen LogP contribution >= 0.6 is 0 Å². The second kappa shape index (κ2) is 5.94. The number of benzene rings is 1. The lowest BCUT2D eigenvalue weighted by molar-refractivity contribution is -0.170. The van der Waals surface area contributed by atoms with Gasteiger partial charge in [-0.3, -0.25) is 9.59 Å². The third kappa shape index (κ3) is 3.55. The van der Waals surface area contributed by atoms with Gasteiger partial charge in [-0.1, -0.05) is 6.07 Å². The SMILES string of the molecule is Cc1ccc(NC(=O)[C@H]2CC[C@@H](C(F)(F)F)NC2=O)c(F)c1. The summed E-state index contributed by atoms with van der Waals surface area (Å²) in [6.45, 7) is 1.67. The first-order valence-corrected chi connectivity index (χ1v) is 6.62. The van der Waals surface area contributed by atoms with Crippen molar-refractivity contribution in [2.24, 2.45) is 5.92 Å². The number of hydrogen-bond donors (Lipinski definition) is 2. The third-order valence-corrected chi connectivity index (χ3v) is 3.47. The normalized spacial score (nSPS) is 22.1. The summed E-state index contributed by atoms with van der Waals surface area (Å²) < 4.78 is 51.2. The fourth-order valence-corrected chi connectivity index (χ4v) is 2.25. The largest absolute Gasteiger partial charge is 0.408 e. The van der Waals surface area contributed by atoms with Gasteiger partial charge >= 0.3 is 6.18 Å². The maximum atomic E-state index is 13.6. The number of piperidine rings is 1. The van der Waals surface area contributed by atoms with E-state index >= 15 is 0 Å². The van der Waals surface area contributed by atoms with Crippen LogP contribution in [0.3, 0.4) is 0 Å². The Morgan fingerprint density at radius 1 is 1.32 bits per heavy atom. The minimum Gasteiger partial charge on any atom is -0.344 e. The second-order valence-electron chi connectivity index (χ2n) is 5.21. The Bertz CT molecular complexity index is 601. The Labute approximate surface area is 123 Å². The highest BCUT2D eigenvalue weighted by Gasteiger charge is 2.45. The number of nitrogens with one attached hydrogen (secondary N) is 2. The number of carbonyl (C=O) groups is 2. The average molecular weight is 318 g/mol. The van der Waals surface area contributed by atoms with Crippen LogP contribution < -0.4 is 10.6 Å². The Hall–Kier alpha value is -2.12. The first-order valence-electron chi connectivity index (χ1n) is 6.62. The number of halogens is 4. The Kier molecular flexibility index (Phi) is 4.39. The van der Waals surface area contributed by atoms with Gasteiger partial charge in [-0.25, -0.2) is 4.39 Å². The van der Waals surface area contributed by atoms with Gasteiger partial charge in [-0.15, -0.1) is 0 Å². The molecule has 0 saturated carbocycles. The van der Waals surface area contributed by atoms with Crippen molar-refractivity contribution in [2.45, 2.75) is 32.0 Å². The molecule has 2 atom stereocenters. The predicted octanol–water partition coefficient (Wildman–Crippen LogP) is 2.53. The molecule has 8 heteroatoms. The molecule has 1 aromatic rings. The van der Waals surface area contributed by atoms with Crippen molar-refractivity contribution in [3.8, 4) is 0 Å². The average Bonchev–Trinajstić information content (AvgIpc) is 2.40. The van der Waals surface area contributed by atoms with Crippen LogP contribution in [-0.4, -0.2) is 24.0 Å². The molecule has 0 aliphatic carbocycles. The van der Waals surface area contributed by atoms with Gasteiger partial charge in [0.25, 0.3) is 0 Å². The van der Waals surface area contributed by atoms with E-state index in [0.717, 1.165) is 0 Å². The zero-order valence-corrected chi connectivity index (χ0v) is 11.6. The number of carbonyl (C=O) groups excluding carboxylic acids is 2. The Morgan fingerprint density at radius 3 is 2.55 bits per heavy atom. The van der Waals surface area contributed by atoms with Crippen molar-refractivity contribution in [3.05, 3.63) is 29.6 Å². The van der Waals surface area contributed by atoms with Crippen LogP contribution in [0.1, 0.15) is 18.4 Å². The lowest BCUT2D eigenvalue weighted by atomic mass is 9.92. The van der Waals surface area contributed by atoms with Gasteiger partial charge in [0.1, 0.15) is 17.8 Å². The van der Waals surface area contributed by atoms with Crippen molar-refractivity contribution in [1.82, 2.24) is 5.32 Å². The molecule has 0 aromatic heterocycles. The quantitative estimate of drug-likeness (QED) is 0.650. The van der Waals surface area contributed by atoms with E-state index in [0.29, 0.717) is 5.56 Å². The maximum absolute atomic E-state index is 13.6. The highest BCUT2D eigenvalue weighted by atomic mass is 19.4. The minimum absolute atomic E-state index is 0.110. The minimum atomic E-state index is -4.54. The zero-order valence-electron chi connectivity index (χ0n) is 11.6. The van der Waals surface area contributed by atoms with E-state index in [1.165, 1.54) is 12.1 Å². The maximum Gasteiger partial charge on any atom is 0.408 e. The fraction of sp³-hybridized carbons (Fsp3) is 0.429. The van der Waals surface area contributed by atoms with Crippen LogP contribution in [-0.2, 0) is 9.59 Å². The second-order valence-corrected chi connectivity index (χ2v) is 5.21. The van der Waals surface area contributed by atoms with Crippen LogP contribution in [0, 0.1) is 18.7 Å². The highest BCUT2D eigenvalue weighted by Crippen LogP contribution is 2.29. The zero-order chi connectivity index (χ0) is 16.5. The number of hydrogen-bond acceptors (Lipinski definition) is 2. The van der Waals surface area contributed by atoms with Gasteiger partial charge in [-0.2, -0.15) is 13.2 Å². The molecule has 1 aromatic carbocycles. The van der Waals surface area contributed by atoms with E-state index in [1.807, 2.05) is 0 Å². The molecule has 22 heavy (non-hydrogen) atoms. The van der Waals surface area contributed by atoms with E-state index in [4.69, 9.17) is 0 Å². The molecular weight excluding hydrogens is 304 g/mol. The van der Waals surface area contributed by atoms with Crippen molar-refractivity contribution in [3.63, 3.8) is 0 Å². The van der Waals surface area contributed by atoms with Crippen LogP contribution in [0.5, 0.6) is 0 Å². The molecule has 1 heterocycles. The molecule has 1 aliphatic heterocycles. The monoisotopic (exact) mass is 318 g/mol. The van der Waals surface area contributed by atoms with Crippen molar-refractivity contribution < 1.29 is 27.2 Å². The first-order chi connectivity index (χ1) is 10.2. The molecule has 1 saturated heterocycles. The van der Waals surface area contributed by atoms with Crippen LogP contribution in [0.25, 0.3) is 0 Å². The summed E-state index contributed by atoms with van der Waals surface area (Å²) in [5, 5.41) is 4.01. The summed E-state index contributed by atoms with van der Waals surface area (Å²) in [6, 6.07) is 2.16. The molecule has 0 unspecified atom stereocenters. The van der Waals surface area contributed by atoms with Crippen molar-refractivity contribution in [2.75, 3.05) is 5.32 Å². The molecule has 0 spiro atoms. The lowest BCUT2D eigenvalue weighted by Gasteiger charge is -2.29. The first kappa shape index (κ1) is 16.3. The summed E-state index contributed by atoms with van der Waals surface area (Å²) in [5.41, 5.74) is 0.542. The highest BCUT2D eigenvalue weighted by molar-refractivity contribution is 6.06. The molecule has 120 valence electrons. The molecule has 2 N–H and O–H groups in total. The molecule has 4 nitrogen and oxygen atoms in total. The van der Waals surface area contributed by atoms with E-state index in [-0.39, 0.29) is 18.5 Å². The molecule has 2 amide bonds. The van der Waals surface area contributed by atoms with Crippen molar-refractivity contribution >= 4 is 17.5 Å². The third-order valence-electron chi connectivity index (χ3n) is 3.47. The molecular formula is C14H14F4N2O2. The van der Waals surface area contributed by atoms with Crippen LogP contribution in [0.4, 0.5) is 23.2 Å². The Balaban J connectivity index is 2.03. The number of rotatable bonds is 2. The number of anilines is 1. The van der Waals surface area contributed by atoms with Crippen molar-refractivity contribution in [1.29, 1.82) is 0 Å². The standard InChI is InChI=1S/C14H14F4N2O2/c1-7-2-4-10(9(15)6-7)19-12(21)8-3-5-11(14(16,17)18)20-13(8)22/h2,4,6,8,11H,3,5H2,1H3,(H,19,21)(H,20,22)/t8-,11+/m1/s1. The molecule has 1 fully saturated rings. The Morgan fingerprint density at radius 2 is 2.00 bits per heavy atom.